The topological polar surface area (TPSA) is 63.4 Å². The number of hydrogen-bond donors (Lipinski definition) is 1. The van der Waals surface area contributed by atoms with Crippen LogP contribution in [0.5, 0.6) is 0 Å². The number of nitrogen functional groups attached to an aromatic ring is 1. The number of aryl methyl sites for hydroxylation is 1. The molecular formula is C12H17FN2O2S. The average Bonchev–Trinajstić information content (AvgIpc) is 2.45. The number of rotatable bonds is 1. The van der Waals surface area contributed by atoms with Gasteiger partial charge in [0.15, 0.2) is 9.84 Å². The summed E-state index contributed by atoms with van der Waals surface area (Å²) in [6.07, 6.45) is 0.582. The van der Waals surface area contributed by atoms with Gasteiger partial charge in [0.05, 0.1) is 22.9 Å². The molecule has 6 heteroatoms. The van der Waals surface area contributed by atoms with Gasteiger partial charge in [-0.05, 0) is 31.0 Å². The lowest BCUT2D eigenvalue weighted by Gasteiger charge is -2.24. The molecule has 0 aliphatic carbocycles. The maximum Gasteiger partial charge on any atom is 0.152 e. The lowest BCUT2D eigenvalue weighted by molar-refractivity contribution is 0.597. The lowest BCUT2D eigenvalue weighted by atomic mass is 10.1. The molecule has 1 heterocycles. The second kappa shape index (κ2) is 4.76. The van der Waals surface area contributed by atoms with Crippen LogP contribution < -0.4 is 10.6 Å². The van der Waals surface area contributed by atoms with Gasteiger partial charge in [-0.2, -0.15) is 0 Å². The van der Waals surface area contributed by atoms with Crippen molar-refractivity contribution in [3.8, 4) is 0 Å². The van der Waals surface area contributed by atoms with Gasteiger partial charge in [0.25, 0.3) is 0 Å². The first kappa shape index (κ1) is 13.1. The zero-order valence-electron chi connectivity index (χ0n) is 10.3. The molecule has 1 aromatic rings. The van der Waals surface area contributed by atoms with Gasteiger partial charge in [0.2, 0.25) is 0 Å². The van der Waals surface area contributed by atoms with Gasteiger partial charge in [0, 0.05) is 13.1 Å². The van der Waals surface area contributed by atoms with Crippen LogP contribution >= 0.6 is 0 Å². The van der Waals surface area contributed by atoms with Gasteiger partial charge < -0.3 is 10.6 Å². The van der Waals surface area contributed by atoms with Crippen LogP contribution in [-0.2, 0) is 9.84 Å². The van der Waals surface area contributed by atoms with E-state index in [1.807, 2.05) is 4.90 Å². The van der Waals surface area contributed by atoms with Gasteiger partial charge in [-0.1, -0.05) is 0 Å². The van der Waals surface area contributed by atoms with E-state index in [4.69, 9.17) is 5.73 Å². The van der Waals surface area contributed by atoms with Gasteiger partial charge in [0.1, 0.15) is 5.82 Å². The first-order valence-corrected chi connectivity index (χ1v) is 7.72. The molecule has 0 saturated carbocycles. The van der Waals surface area contributed by atoms with E-state index in [1.165, 1.54) is 6.07 Å². The number of nitrogens with zero attached hydrogens (tertiary/aromatic N) is 1. The van der Waals surface area contributed by atoms with Crippen LogP contribution in [0.4, 0.5) is 15.8 Å². The fourth-order valence-corrected chi connectivity index (χ4v) is 3.41. The van der Waals surface area contributed by atoms with E-state index in [-0.39, 0.29) is 17.3 Å². The molecule has 4 nitrogen and oxygen atoms in total. The molecule has 1 fully saturated rings. The summed E-state index contributed by atoms with van der Waals surface area (Å²) in [6, 6.07) is 2.98. The molecule has 1 saturated heterocycles. The van der Waals surface area contributed by atoms with Crippen LogP contribution in [0.25, 0.3) is 0 Å². The Bertz CT molecular complexity index is 557. The summed E-state index contributed by atoms with van der Waals surface area (Å²) < 4.78 is 36.4. The van der Waals surface area contributed by atoms with Crippen LogP contribution in [-0.4, -0.2) is 33.0 Å². The van der Waals surface area contributed by atoms with Crippen molar-refractivity contribution in [3.63, 3.8) is 0 Å². The monoisotopic (exact) mass is 272 g/mol. The molecule has 0 spiro atoms. The van der Waals surface area contributed by atoms with Crippen LogP contribution in [0.2, 0.25) is 0 Å². The van der Waals surface area contributed by atoms with Gasteiger partial charge >= 0.3 is 0 Å². The van der Waals surface area contributed by atoms with Crippen molar-refractivity contribution in [3.05, 3.63) is 23.5 Å². The molecule has 0 atom stereocenters. The van der Waals surface area contributed by atoms with E-state index in [0.29, 0.717) is 30.8 Å². The molecule has 0 aromatic heterocycles. The molecule has 1 aliphatic rings. The largest absolute Gasteiger partial charge is 0.397 e. The Labute approximate surface area is 107 Å². The standard InChI is InChI=1S/C12H17FN2O2S/c1-9-7-12(11(14)8-10(9)13)15-3-2-5-18(16,17)6-4-15/h7-8H,2-6,14H2,1H3. The van der Waals surface area contributed by atoms with Crippen LogP contribution in [0.3, 0.4) is 0 Å². The Morgan fingerprint density at radius 2 is 2.00 bits per heavy atom. The van der Waals surface area contributed by atoms with Crippen molar-refractivity contribution >= 4 is 21.2 Å². The van der Waals surface area contributed by atoms with Crippen molar-refractivity contribution in [2.24, 2.45) is 0 Å². The van der Waals surface area contributed by atoms with E-state index in [0.717, 1.165) is 5.69 Å². The van der Waals surface area contributed by atoms with Crippen molar-refractivity contribution in [2.45, 2.75) is 13.3 Å². The SMILES string of the molecule is Cc1cc(N2CCCS(=O)(=O)CC2)c(N)cc1F. The summed E-state index contributed by atoms with van der Waals surface area (Å²) in [7, 11) is -2.95. The first-order valence-electron chi connectivity index (χ1n) is 5.90. The maximum atomic E-state index is 13.3. The van der Waals surface area contributed by atoms with E-state index >= 15 is 0 Å². The third kappa shape index (κ3) is 2.75. The van der Waals surface area contributed by atoms with Crippen LogP contribution in [0.15, 0.2) is 12.1 Å². The van der Waals surface area contributed by atoms with Crippen LogP contribution in [0.1, 0.15) is 12.0 Å². The number of halogens is 1. The van der Waals surface area contributed by atoms with Crippen molar-refractivity contribution < 1.29 is 12.8 Å². The summed E-state index contributed by atoms with van der Waals surface area (Å²) in [5.74, 6) is 0.00518. The molecule has 2 N–H and O–H groups in total. The molecule has 1 aromatic carbocycles. The third-order valence-electron chi connectivity index (χ3n) is 3.20. The Morgan fingerprint density at radius 3 is 2.72 bits per heavy atom. The van der Waals surface area contributed by atoms with Crippen LogP contribution in [0, 0.1) is 12.7 Å². The zero-order chi connectivity index (χ0) is 13.3. The van der Waals surface area contributed by atoms with Crippen molar-refractivity contribution in [2.75, 3.05) is 35.2 Å². The Hall–Kier alpha value is -1.30. The number of anilines is 2. The molecule has 0 amide bonds. The second-order valence-electron chi connectivity index (χ2n) is 4.65. The maximum absolute atomic E-state index is 13.3. The van der Waals surface area contributed by atoms with E-state index in [2.05, 4.69) is 0 Å². The summed E-state index contributed by atoms with van der Waals surface area (Å²) in [5.41, 5.74) is 7.41. The fourth-order valence-electron chi connectivity index (χ4n) is 2.13. The third-order valence-corrected chi connectivity index (χ3v) is 4.92. The molecular weight excluding hydrogens is 255 g/mol. The van der Waals surface area contributed by atoms with Gasteiger partial charge in [-0.3, -0.25) is 0 Å². The van der Waals surface area contributed by atoms with E-state index in [9.17, 15) is 12.8 Å². The number of benzene rings is 1. The minimum absolute atomic E-state index is 0.128. The fraction of sp³-hybridized carbons (Fsp3) is 0.500. The molecule has 1 aliphatic heterocycles. The second-order valence-corrected chi connectivity index (χ2v) is 6.96. The highest BCUT2D eigenvalue weighted by molar-refractivity contribution is 7.91. The normalized spacial score (nSPS) is 19.6. The number of sulfone groups is 1. The van der Waals surface area contributed by atoms with E-state index < -0.39 is 9.84 Å². The Balaban J connectivity index is 2.29. The molecule has 18 heavy (non-hydrogen) atoms. The number of hydrogen-bond acceptors (Lipinski definition) is 4. The lowest BCUT2D eigenvalue weighted by Crippen LogP contribution is -2.27. The highest BCUT2D eigenvalue weighted by Crippen LogP contribution is 2.27. The average molecular weight is 272 g/mol. The summed E-state index contributed by atoms with van der Waals surface area (Å²) in [6.45, 7) is 2.72. The summed E-state index contributed by atoms with van der Waals surface area (Å²) in [4.78, 5) is 1.92. The molecule has 0 radical (unpaired) electrons. The van der Waals surface area contributed by atoms with Crippen molar-refractivity contribution in [1.29, 1.82) is 0 Å². The molecule has 0 unspecified atom stereocenters. The Kier molecular flexibility index (Phi) is 3.47. The van der Waals surface area contributed by atoms with Gasteiger partial charge in [-0.15, -0.1) is 0 Å². The smallest absolute Gasteiger partial charge is 0.152 e. The van der Waals surface area contributed by atoms with Gasteiger partial charge in [-0.25, -0.2) is 12.8 Å². The summed E-state index contributed by atoms with van der Waals surface area (Å²) >= 11 is 0. The quantitative estimate of drug-likeness (QED) is 0.784. The van der Waals surface area contributed by atoms with Crippen molar-refractivity contribution in [1.82, 2.24) is 0 Å². The Morgan fingerprint density at radius 1 is 1.28 bits per heavy atom. The predicted molar refractivity (Wildman–Crippen MR) is 71.0 cm³/mol. The molecule has 0 bridgehead atoms. The molecule has 100 valence electrons. The first-order chi connectivity index (χ1) is 8.39. The highest BCUT2D eigenvalue weighted by Gasteiger charge is 2.21. The predicted octanol–water partition coefficient (Wildman–Crippen LogP) is 1.34. The zero-order valence-corrected chi connectivity index (χ0v) is 11.1. The molecule has 2 rings (SSSR count). The number of nitrogens with two attached hydrogens (primary N) is 1. The van der Waals surface area contributed by atoms with E-state index in [1.54, 1.807) is 13.0 Å². The summed E-state index contributed by atoms with van der Waals surface area (Å²) in [5, 5.41) is 0. The highest BCUT2D eigenvalue weighted by atomic mass is 32.2. The minimum Gasteiger partial charge on any atom is -0.397 e. The minimum atomic E-state index is -2.95.